The van der Waals surface area contributed by atoms with Crippen LogP contribution in [0, 0.1) is 12.8 Å². The molecule has 2 heterocycles. The van der Waals surface area contributed by atoms with Crippen LogP contribution < -0.4 is 0 Å². The molecule has 3 rings (SSSR count). The molecule has 0 radical (unpaired) electrons. The summed E-state index contributed by atoms with van der Waals surface area (Å²) in [5.41, 5.74) is 3.43. The van der Waals surface area contributed by atoms with Crippen LogP contribution in [0.25, 0.3) is 11.9 Å². The van der Waals surface area contributed by atoms with E-state index in [0.717, 1.165) is 43.5 Å². The van der Waals surface area contributed by atoms with Crippen molar-refractivity contribution in [1.29, 1.82) is 0 Å². The minimum Gasteiger partial charge on any atom is -0.357 e. The smallest absolute Gasteiger partial charge is 0.151 e. The molecule has 1 aliphatic heterocycles. The standard InChI is InChI=1S/C21H27FN2O/c1-15(2)12-17-7-9-18(10-8-17)14-19(22)20-13-16(3)24(23-20)21-6-4-5-11-25-21/h7-10,13-15,21H,4-6,11-12H2,1-3H3/b19-14-. The van der Waals surface area contributed by atoms with Crippen LogP contribution in [0.5, 0.6) is 0 Å². The summed E-state index contributed by atoms with van der Waals surface area (Å²) in [7, 11) is 0. The number of nitrogens with zero attached hydrogens (tertiary/aromatic N) is 2. The topological polar surface area (TPSA) is 27.1 Å². The van der Waals surface area contributed by atoms with Gasteiger partial charge in [0.2, 0.25) is 0 Å². The highest BCUT2D eigenvalue weighted by molar-refractivity contribution is 5.75. The van der Waals surface area contributed by atoms with Crippen molar-refractivity contribution >= 4 is 11.9 Å². The fourth-order valence-corrected chi connectivity index (χ4v) is 3.25. The molecule has 1 unspecified atom stereocenters. The van der Waals surface area contributed by atoms with Gasteiger partial charge in [0.15, 0.2) is 5.83 Å². The minimum atomic E-state index is -0.311. The number of aryl methyl sites for hydroxylation is 1. The van der Waals surface area contributed by atoms with E-state index in [1.807, 2.05) is 23.7 Å². The van der Waals surface area contributed by atoms with Crippen LogP contribution >= 0.6 is 0 Å². The molecule has 3 nitrogen and oxygen atoms in total. The van der Waals surface area contributed by atoms with Gasteiger partial charge in [-0.3, -0.25) is 0 Å². The Kier molecular flexibility index (Phi) is 5.69. The van der Waals surface area contributed by atoms with Crippen LogP contribution in [0.15, 0.2) is 30.3 Å². The summed E-state index contributed by atoms with van der Waals surface area (Å²) in [5.74, 6) is 0.307. The van der Waals surface area contributed by atoms with E-state index in [9.17, 15) is 4.39 Å². The Labute approximate surface area is 149 Å². The summed E-state index contributed by atoms with van der Waals surface area (Å²) < 4.78 is 22.2. The Morgan fingerprint density at radius 3 is 2.72 bits per heavy atom. The van der Waals surface area contributed by atoms with E-state index in [0.29, 0.717) is 11.6 Å². The molecule has 1 aliphatic rings. The Balaban J connectivity index is 1.75. The van der Waals surface area contributed by atoms with Gasteiger partial charge < -0.3 is 4.74 Å². The average Bonchev–Trinajstić information content (AvgIpc) is 2.99. The zero-order valence-corrected chi connectivity index (χ0v) is 15.3. The third-order valence-corrected chi connectivity index (χ3v) is 4.51. The van der Waals surface area contributed by atoms with Crippen molar-refractivity contribution in [2.75, 3.05) is 6.61 Å². The first-order valence-corrected chi connectivity index (χ1v) is 9.17. The van der Waals surface area contributed by atoms with Crippen LogP contribution in [0.2, 0.25) is 0 Å². The van der Waals surface area contributed by atoms with Crippen LogP contribution in [0.1, 0.15) is 61.9 Å². The third-order valence-electron chi connectivity index (χ3n) is 4.51. The molecule has 134 valence electrons. The van der Waals surface area contributed by atoms with Gasteiger partial charge in [-0.05, 0) is 61.8 Å². The lowest BCUT2D eigenvalue weighted by molar-refractivity contribution is -0.0407. The van der Waals surface area contributed by atoms with E-state index in [1.54, 1.807) is 12.1 Å². The molecule has 0 aliphatic carbocycles. The second-order valence-electron chi connectivity index (χ2n) is 7.27. The highest BCUT2D eigenvalue weighted by Crippen LogP contribution is 2.26. The lowest BCUT2D eigenvalue weighted by Crippen LogP contribution is -2.20. The first-order chi connectivity index (χ1) is 12.0. The molecular weight excluding hydrogens is 315 g/mol. The largest absolute Gasteiger partial charge is 0.357 e. The van der Waals surface area contributed by atoms with Gasteiger partial charge in [0, 0.05) is 12.3 Å². The summed E-state index contributed by atoms with van der Waals surface area (Å²) in [6.07, 6.45) is 5.67. The van der Waals surface area contributed by atoms with E-state index in [4.69, 9.17) is 4.74 Å². The summed E-state index contributed by atoms with van der Waals surface area (Å²) in [5, 5.41) is 4.43. The van der Waals surface area contributed by atoms with Crippen molar-refractivity contribution in [2.45, 2.75) is 52.7 Å². The fourth-order valence-electron chi connectivity index (χ4n) is 3.25. The Morgan fingerprint density at radius 1 is 1.32 bits per heavy atom. The molecule has 25 heavy (non-hydrogen) atoms. The molecule has 2 aromatic rings. The van der Waals surface area contributed by atoms with Crippen molar-refractivity contribution in [3.8, 4) is 0 Å². The monoisotopic (exact) mass is 342 g/mol. The quantitative estimate of drug-likeness (QED) is 0.711. The van der Waals surface area contributed by atoms with Crippen molar-refractivity contribution in [1.82, 2.24) is 9.78 Å². The van der Waals surface area contributed by atoms with E-state index in [2.05, 4.69) is 31.1 Å². The van der Waals surface area contributed by atoms with Gasteiger partial charge in [0.25, 0.3) is 0 Å². The molecular formula is C21H27FN2O. The van der Waals surface area contributed by atoms with Crippen molar-refractivity contribution in [3.05, 3.63) is 52.8 Å². The zero-order valence-electron chi connectivity index (χ0n) is 15.3. The predicted molar refractivity (Wildman–Crippen MR) is 99.8 cm³/mol. The van der Waals surface area contributed by atoms with Gasteiger partial charge in [-0.25, -0.2) is 9.07 Å². The van der Waals surface area contributed by atoms with Crippen LogP contribution in [0.3, 0.4) is 0 Å². The number of halogens is 1. The average molecular weight is 342 g/mol. The van der Waals surface area contributed by atoms with Crippen LogP contribution in [-0.4, -0.2) is 16.4 Å². The zero-order chi connectivity index (χ0) is 17.8. The molecule has 1 aromatic heterocycles. The number of aromatic nitrogens is 2. The normalized spacial score (nSPS) is 18.8. The molecule has 1 aromatic carbocycles. The SMILES string of the molecule is Cc1cc(/C(F)=C/c2ccc(CC(C)C)cc2)nn1C1CCCCO1. The fraction of sp³-hybridized carbons (Fsp3) is 0.476. The summed E-state index contributed by atoms with van der Waals surface area (Å²) >= 11 is 0. The van der Waals surface area contributed by atoms with Gasteiger partial charge >= 0.3 is 0 Å². The first kappa shape index (κ1) is 17.9. The molecule has 0 spiro atoms. The third kappa shape index (κ3) is 4.57. The van der Waals surface area contributed by atoms with Gasteiger partial charge in [0.1, 0.15) is 11.9 Å². The highest BCUT2D eigenvalue weighted by Gasteiger charge is 2.19. The van der Waals surface area contributed by atoms with E-state index in [1.165, 1.54) is 5.56 Å². The van der Waals surface area contributed by atoms with Crippen LogP contribution in [-0.2, 0) is 11.2 Å². The molecule has 0 bridgehead atoms. The second kappa shape index (κ2) is 7.96. The summed E-state index contributed by atoms with van der Waals surface area (Å²) in [6.45, 7) is 7.09. The molecule has 1 saturated heterocycles. The second-order valence-corrected chi connectivity index (χ2v) is 7.27. The predicted octanol–water partition coefficient (Wildman–Crippen LogP) is 5.56. The van der Waals surface area contributed by atoms with Crippen molar-refractivity contribution in [3.63, 3.8) is 0 Å². The number of hydrogen-bond donors (Lipinski definition) is 0. The Morgan fingerprint density at radius 2 is 2.08 bits per heavy atom. The molecule has 1 atom stereocenters. The van der Waals surface area contributed by atoms with E-state index in [-0.39, 0.29) is 12.1 Å². The molecule has 1 fully saturated rings. The Bertz CT molecular complexity index is 725. The van der Waals surface area contributed by atoms with Gasteiger partial charge in [-0.1, -0.05) is 38.1 Å². The van der Waals surface area contributed by atoms with Crippen molar-refractivity contribution in [2.24, 2.45) is 5.92 Å². The molecule has 0 N–H and O–H groups in total. The maximum Gasteiger partial charge on any atom is 0.151 e. The van der Waals surface area contributed by atoms with Crippen molar-refractivity contribution < 1.29 is 9.13 Å². The van der Waals surface area contributed by atoms with Gasteiger partial charge in [-0.15, -0.1) is 0 Å². The Hall–Kier alpha value is -1.94. The van der Waals surface area contributed by atoms with E-state index >= 15 is 0 Å². The maximum atomic E-state index is 14.6. The first-order valence-electron chi connectivity index (χ1n) is 9.17. The number of rotatable bonds is 5. The van der Waals surface area contributed by atoms with Crippen LogP contribution in [0.4, 0.5) is 4.39 Å². The number of ether oxygens (including phenoxy) is 1. The lowest BCUT2D eigenvalue weighted by atomic mass is 10.0. The molecule has 4 heteroatoms. The van der Waals surface area contributed by atoms with E-state index < -0.39 is 0 Å². The lowest BCUT2D eigenvalue weighted by Gasteiger charge is -2.23. The molecule has 0 saturated carbocycles. The van der Waals surface area contributed by atoms with Gasteiger partial charge in [-0.2, -0.15) is 5.10 Å². The maximum absolute atomic E-state index is 14.6. The summed E-state index contributed by atoms with van der Waals surface area (Å²) in [4.78, 5) is 0. The minimum absolute atomic E-state index is 0.0642. The highest BCUT2D eigenvalue weighted by atomic mass is 19.1. The molecule has 0 amide bonds. The van der Waals surface area contributed by atoms with Gasteiger partial charge in [0.05, 0.1) is 0 Å². The number of benzene rings is 1. The number of hydrogen-bond acceptors (Lipinski definition) is 2. The summed E-state index contributed by atoms with van der Waals surface area (Å²) in [6, 6.07) is 9.85.